The van der Waals surface area contributed by atoms with Crippen molar-refractivity contribution in [2.45, 2.75) is 0 Å². The van der Waals surface area contributed by atoms with Gasteiger partial charge in [-0.15, -0.1) is 10.2 Å². The lowest BCUT2D eigenvalue weighted by molar-refractivity contribution is 0.459. The zero-order valence-electron chi connectivity index (χ0n) is 14.7. The number of nitrogens with zero attached hydrogens (tertiary/aromatic N) is 4. The molecule has 6 heteroatoms. The third-order valence-corrected chi connectivity index (χ3v) is 4.54. The van der Waals surface area contributed by atoms with E-state index in [0.717, 1.165) is 33.1 Å². The molecule has 0 aliphatic rings. The zero-order chi connectivity index (χ0) is 18.9. The van der Waals surface area contributed by atoms with E-state index in [1.165, 1.54) is 0 Å². The Kier molecular flexibility index (Phi) is 3.80. The number of H-pyrrole nitrogens is 1. The number of aromatic nitrogens is 3. The maximum absolute atomic E-state index is 10.2. The number of benzene rings is 3. The van der Waals surface area contributed by atoms with E-state index >= 15 is 0 Å². The van der Waals surface area contributed by atoms with Crippen LogP contribution in [-0.2, 0) is 0 Å². The molecule has 2 N–H and O–H groups in total. The van der Waals surface area contributed by atoms with Gasteiger partial charge in [-0.25, -0.2) is 9.97 Å². The topological polar surface area (TPSA) is 86.5 Å². The molecule has 2 heterocycles. The van der Waals surface area contributed by atoms with E-state index in [4.69, 9.17) is 0 Å². The molecule has 0 amide bonds. The molecule has 3 aromatic carbocycles. The second kappa shape index (κ2) is 6.59. The first kappa shape index (κ1) is 16.1. The highest BCUT2D eigenvalue weighted by Crippen LogP contribution is 2.36. The van der Waals surface area contributed by atoms with Crippen LogP contribution in [0.5, 0.6) is 5.88 Å². The van der Waals surface area contributed by atoms with Gasteiger partial charge in [0.1, 0.15) is 0 Å². The number of azo groups is 1. The van der Waals surface area contributed by atoms with Crippen LogP contribution in [0, 0.1) is 0 Å². The van der Waals surface area contributed by atoms with Crippen molar-refractivity contribution in [3.05, 3.63) is 78.9 Å². The molecule has 0 radical (unpaired) electrons. The van der Waals surface area contributed by atoms with E-state index in [0.29, 0.717) is 5.69 Å². The third-order valence-electron chi connectivity index (χ3n) is 4.54. The molecule has 0 fully saturated rings. The van der Waals surface area contributed by atoms with Gasteiger partial charge in [0, 0.05) is 16.3 Å². The number of hydrogen-bond acceptors (Lipinski definition) is 5. The molecule has 6 nitrogen and oxygen atoms in total. The van der Waals surface area contributed by atoms with Gasteiger partial charge in [-0.2, -0.15) is 0 Å². The van der Waals surface area contributed by atoms with Crippen molar-refractivity contribution in [3.63, 3.8) is 0 Å². The fourth-order valence-electron chi connectivity index (χ4n) is 3.23. The first-order valence-electron chi connectivity index (χ1n) is 8.83. The maximum atomic E-state index is 10.2. The van der Waals surface area contributed by atoms with Crippen LogP contribution in [0.2, 0.25) is 0 Å². The third kappa shape index (κ3) is 2.77. The van der Waals surface area contributed by atoms with E-state index in [-0.39, 0.29) is 11.8 Å². The number of fused-ring (bicyclic) bond motifs is 2. The highest BCUT2D eigenvalue weighted by molar-refractivity contribution is 5.94. The Morgan fingerprint density at radius 3 is 2.29 bits per heavy atom. The summed E-state index contributed by atoms with van der Waals surface area (Å²) in [4.78, 5) is 12.0. The Bertz CT molecular complexity index is 1330. The highest BCUT2D eigenvalue weighted by atomic mass is 16.3. The van der Waals surface area contributed by atoms with Crippen LogP contribution in [0.3, 0.4) is 0 Å². The molecule has 5 aromatic rings. The standard InChI is InChI=1S/C22H15N5O/c28-21-20(16-11-5-6-12-17(16)23-21)26-27-22-24-18-13-7-4-10-15(18)19(25-22)14-8-2-1-3-9-14/h1-13,23,28H. The molecule has 0 spiro atoms. The lowest BCUT2D eigenvalue weighted by atomic mass is 10.1. The van der Waals surface area contributed by atoms with Crippen molar-refractivity contribution in [1.29, 1.82) is 0 Å². The average molecular weight is 365 g/mol. The van der Waals surface area contributed by atoms with E-state index < -0.39 is 0 Å². The molecular weight excluding hydrogens is 350 g/mol. The van der Waals surface area contributed by atoms with Crippen LogP contribution in [0.25, 0.3) is 33.1 Å². The van der Waals surface area contributed by atoms with Crippen LogP contribution >= 0.6 is 0 Å². The van der Waals surface area contributed by atoms with E-state index in [1.54, 1.807) is 0 Å². The summed E-state index contributed by atoms with van der Waals surface area (Å²) in [7, 11) is 0. The SMILES string of the molecule is Oc1[nH]c2ccccc2c1N=Nc1nc(-c2ccccc2)c2ccccc2n1. The molecule has 0 saturated carbocycles. The van der Waals surface area contributed by atoms with Gasteiger partial charge in [0.05, 0.1) is 16.7 Å². The van der Waals surface area contributed by atoms with Gasteiger partial charge in [-0.05, 0) is 12.1 Å². The Labute approximate surface area is 160 Å². The van der Waals surface area contributed by atoms with Crippen molar-refractivity contribution >= 4 is 33.4 Å². The minimum absolute atomic E-state index is 0.0333. The number of para-hydroxylation sites is 2. The fourth-order valence-corrected chi connectivity index (χ4v) is 3.23. The van der Waals surface area contributed by atoms with Gasteiger partial charge in [0.2, 0.25) is 5.88 Å². The van der Waals surface area contributed by atoms with E-state index in [2.05, 4.69) is 25.2 Å². The summed E-state index contributed by atoms with van der Waals surface area (Å²) >= 11 is 0. The molecule has 0 aliphatic carbocycles. The van der Waals surface area contributed by atoms with Crippen LogP contribution < -0.4 is 0 Å². The van der Waals surface area contributed by atoms with Crippen LogP contribution in [0.1, 0.15) is 0 Å². The molecule has 28 heavy (non-hydrogen) atoms. The molecule has 0 aliphatic heterocycles. The van der Waals surface area contributed by atoms with Gasteiger partial charge in [0.25, 0.3) is 5.95 Å². The molecule has 134 valence electrons. The fraction of sp³-hybridized carbons (Fsp3) is 0. The maximum Gasteiger partial charge on any atom is 0.270 e. The number of aromatic amines is 1. The molecule has 5 rings (SSSR count). The predicted octanol–water partition coefficient (Wildman–Crippen LogP) is 5.90. The van der Waals surface area contributed by atoms with Crippen molar-refractivity contribution in [1.82, 2.24) is 15.0 Å². The van der Waals surface area contributed by atoms with Crippen molar-refractivity contribution in [2.24, 2.45) is 10.2 Å². The second-order valence-electron chi connectivity index (χ2n) is 6.32. The smallest absolute Gasteiger partial charge is 0.270 e. The summed E-state index contributed by atoms with van der Waals surface area (Å²) in [6.07, 6.45) is 0. The van der Waals surface area contributed by atoms with Crippen molar-refractivity contribution < 1.29 is 5.11 Å². The van der Waals surface area contributed by atoms with E-state index in [1.807, 2.05) is 78.9 Å². The van der Waals surface area contributed by atoms with Crippen LogP contribution in [-0.4, -0.2) is 20.1 Å². The summed E-state index contributed by atoms with van der Waals surface area (Å²) in [5, 5.41) is 20.3. The zero-order valence-corrected chi connectivity index (χ0v) is 14.7. The van der Waals surface area contributed by atoms with Crippen LogP contribution in [0.15, 0.2) is 89.1 Å². The lowest BCUT2D eigenvalue weighted by Gasteiger charge is -2.06. The van der Waals surface area contributed by atoms with Gasteiger partial charge in [-0.3, -0.25) is 0 Å². The lowest BCUT2D eigenvalue weighted by Crippen LogP contribution is -1.90. The summed E-state index contributed by atoms with van der Waals surface area (Å²) in [6, 6.07) is 25.2. The minimum atomic E-state index is -0.0333. The highest BCUT2D eigenvalue weighted by Gasteiger charge is 2.12. The number of rotatable bonds is 3. The Balaban J connectivity index is 1.65. The molecule has 0 atom stereocenters. The summed E-state index contributed by atoms with van der Waals surface area (Å²) in [6.45, 7) is 0. The van der Waals surface area contributed by atoms with Crippen LogP contribution in [0.4, 0.5) is 11.6 Å². The normalized spacial score (nSPS) is 11.6. The van der Waals surface area contributed by atoms with Gasteiger partial charge in [0.15, 0.2) is 5.69 Å². The molecular formula is C22H15N5O. The number of hydrogen-bond donors (Lipinski definition) is 2. The van der Waals surface area contributed by atoms with Crippen molar-refractivity contribution in [3.8, 4) is 17.1 Å². The molecule has 0 bridgehead atoms. The van der Waals surface area contributed by atoms with Gasteiger partial charge >= 0.3 is 0 Å². The molecule has 0 unspecified atom stereocenters. The minimum Gasteiger partial charge on any atom is -0.493 e. The number of nitrogens with one attached hydrogen (secondary N) is 1. The monoisotopic (exact) mass is 365 g/mol. The molecule has 0 saturated heterocycles. The van der Waals surface area contributed by atoms with Gasteiger partial charge < -0.3 is 10.1 Å². The van der Waals surface area contributed by atoms with Crippen molar-refractivity contribution in [2.75, 3.05) is 0 Å². The summed E-state index contributed by atoms with van der Waals surface area (Å²) in [5.41, 5.74) is 3.72. The van der Waals surface area contributed by atoms with Gasteiger partial charge in [-0.1, -0.05) is 66.7 Å². The first-order valence-corrected chi connectivity index (χ1v) is 8.83. The largest absolute Gasteiger partial charge is 0.493 e. The second-order valence-corrected chi connectivity index (χ2v) is 6.32. The number of aromatic hydroxyl groups is 1. The Morgan fingerprint density at radius 2 is 1.43 bits per heavy atom. The Hall–Kier alpha value is -4.06. The summed E-state index contributed by atoms with van der Waals surface area (Å²) in [5.74, 6) is 0.205. The molecule has 2 aromatic heterocycles. The predicted molar refractivity (Wildman–Crippen MR) is 109 cm³/mol. The quantitative estimate of drug-likeness (QED) is 0.390. The van der Waals surface area contributed by atoms with E-state index in [9.17, 15) is 5.11 Å². The first-order chi connectivity index (χ1) is 13.8. The average Bonchev–Trinajstić information content (AvgIpc) is 3.07. The Morgan fingerprint density at radius 1 is 0.714 bits per heavy atom. The summed E-state index contributed by atoms with van der Waals surface area (Å²) < 4.78 is 0.